The average molecular weight is 555 g/mol. The number of ether oxygens (including phenoxy) is 1. The molecule has 0 radical (unpaired) electrons. The van der Waals surface area contributed by atoms with Crippen LogP contribution in [0.4, 0.5) is 0 Å². The van der Waals surface area contributed by atoms with Gasteiger partial charge in [0.1, 0.15) is 6.10 Å². The summed E-state index contributed by atoms with van der Waals surface area (Å²) in [5, 5.41) is 4.76. The number of halogens is 1. The Morgan fingerprint density at radius 1 is 0.806 bits per heavy atom. The lowest BCUT2D eigenvalue weighted by molar-refractivity contribution is -0.147. The minimum absolute atomic E-state index is 0.218. The number of carbonyl (C=O) groups excluding carboxylic acids is 1. The number of esters is 1. The Labute approximate surface area is 226 Å². The molecular formula is C32H44BrNO2. The van der Waals surface area contributed by atoms with Crippen LogP contribution in [0.3, 0.4) is 0 Å². The van der Waals surface area contributed by atoms with Gasteiger partial charge in [0.05, 0.1) is 0 Å². The van der Waals surface area contributed by atoms with Crippen LogP contribution < -0.4 is 0 Å². The van der Waals surface area contributed by atoms with Gasteiger partial charge in [-0.15, -0.1) is 0 Å². The fourth-order valence-corrected chi connectivity index (χ4v) is 5.54. The van der Waals surface area contributed by atoms with Crippen LogP contribution in [0.2, 0.25) is 0 Å². The third-order valence-electron chi connectivity index (χ3n) is 7.09. The van der Waals surface area contributed by atoms with Crippen molar-refractivity contribution < 1.29 is 9.53 Å². The van der Waals surface area contributed by atoms with Crippen molar-refractivity contribution >= 4 is 43.4 Å². The minimum Gasteiger partial charge on any atom is -0.456 e. The number of hydrogen-bond donors (Lipinski definition) is 0. The molecule has 196 valence electrons. The summed E-state index contributed by atoms with van der Waals surface area (Å²) in [7, 11) is 0. The van der Waals surface area contributed by atoms with Crippen molar-refractivity contribution in [2.45, 2.75) is 91.1 Å². The molecule has 0 heterocycles. The molecule has 0 saturated heterocycles. The van der Waals surface area contributed by atoms with Gasteiger partial charge in [-0.3, -0.25) is 9.69 Å². The first-order chi connectivity index (χ1) is 17.5. The molecular weight excluding hydrogens is 510 g/mol. The summed E-state index contributed by atoms with van der Waals surface area (Å²) in [6.07, 6.45) is 12.4. The van der Waals surface area contributed by atoms with E-state index in [1.165, 1.54) is 87.3 Å². The molecule has 3 nitrogen and oxygen atoms in total. The highest BCUT2D eigenvalue weighted by molar-refractivity contribution is 9.10. The molecule has 3 aromatic carbocycles. The Kier molecular flexibility index (Phi) is 12.2. The van der Waals surface area contributed by atoms with E-state index in [0.717, 1.165) is 35.1 Å². The SMILES string of the molecule is CCCCCCCN(CCCCCCC)CC(OC(C)=O)c1cc2ccccc2c2cc(Br)ccc12. The molecule has 3 aromatic rings. The van der Waals surface area contributed by atoms with Gasteiger partial charge < -0.3 is 4.74 Å². The maximum atomic E-state index is 12.3. The summed E-state index contributed by atoms with van der Waals surface area (Å²) in [5.74, 6) is -0.218. The van der Waals surface area contributed by atoms with Crippen LogP contribution in [-0.4, -0.2) is 30.5 Å². The number of fused-ring (bicyclic) bond motifs is 3. The second kappa shape index (κ2) is 15.4. The molecule has 0 aromatic heterocycles. The molecule has 0 saturated carbocycles. The van der Waals surface area contributed by atoms with Crippen molar-refractivity contribution in [1.29, 1.82) is 0 Å². The van der Waals surface area contributed by atoms with Gasteiger partial charge in [0.25, 0.3) is 0 Å². The maximum Gasteiger partial charge on any atom is 0.303 e. The number of hydrogen-bond acceptors (Lipinski definition) is 3. The number of benzene rings is 3. The van der Waals surface area contributed by atoms with E-state index in [0.29, 0.717) is 0 Å². The minimum atomic E-state index is -0.290. The van der Waals surface area contributed by atoms with E-state index in [1.54, 1.807) is 0 Å². The first-order valence-corrected chi connectivity index (χ1v) is 14.8. The highest BCUT2D eigenvalue weighted by atomic mass is 79.9. The van der Waals surface area contributed by atoms with Crippen molar-refractivity contribution in [2.24, 2.45) is 0 Å². The van der Waals surface area contributed by atoms with Crippen LogP contribution in [0.25, 0.3) is 21.5 Å². The van der Waals surface area contributed by atoms with Crippen molar-refractivity contribution in [3.63, 3.8) is 0 Å². The molecule has 0 aliphatic heterocycles. The van der Waals surface area contributed by atoms with Gasteiger partial charge in [-0.25, -0.2) is 0 Å². The zero-order valence-electron chi connectivity index (χ0n) is 22.5. The largest absolute Gasteiger partial charge is 0.456 e. The van der Waals surface area contributed by atoms with Crippen LogP contribution in [0, 0.1) is 0 Å². The van der Waals surface area contributed by atoms with Gasteiger partial charge >= 0.3 is 5.97 Å². The van der Waals surface area contributed by atoms with E-state index < -0.39 is 0 Å². The lowest BCUT2D eigenvalue weighted by Gasteiger charge is -2.29. The van der Waals surface area contributed by atoms with E-state index in [2.05, 4.69) is 83.2 Å². The number of unbranched alkanes of at least 4 members (excludes halogenated alkanes) is 8. The Balaban J connectivity index is 1.89. The highest BCUT2D eigenvalue weighted by Crippen LogP contribution is 2.35. The zero-order chi connectivity index (χ0) is 25.8. The Bertz CT molecular complexity index is 1080. The third kappa shape index (κ3) is 8.59. The average Bonchev–Trinajstić information content (AvgIpc) is 2.87. The van der Waals surface area contributed by atoms with Crippen molar-refractivity contribution in [1.82, 2.24) is 4.90 Å². The third-order valence-corrected chi connectivity index (χ3v) is 7.58. The van der Waals surface area contributed by atoms with Crippen molar-refractivity contribution in [2.75, 3.05) is 19.6 Å². The van der Waals surface area contributed by atoms with Gasteiger partial charge in [0.2, 0.25) is 0 Å². The summed E-state index contributed by atoms with van der Waals surface area (Å²) in [4.78, 5) is 14.8. The number of nitrogens with zero attached hydrogens (tertiary/aromatic N) is 1. The Morgan fingerprint density at radius 2 is 1.44 bits per heavy atom. The van der Waals surface area contributed by atoms with E-state index in [-0.39, 0.29) is 12.1 Å². The van der Waals surface area contributed by atoms with Gasteiger partial charge in [0.15, 0.2) is 0 Å². The zero-order valence-corrected chi connectivity index (χ0v) is 24.1. The molecule has 0 bridgehead atoms. The molecule has 0 aliphatic carbocycles. The van der Waals surface area contributed by atoms with Crippen molar-refractivity contribution in [3.8, 4) is 0 Å². The van der Waals surface area contributed by atoms with Crippen LogP contribution in [-0.2, 0) is 9.53 Å². The summed E-state index contributed by atoms with van der Waals surface area (Å²) >= 11 is 3.66. The van der Waals surface area contributed by atoms with Gasteiger partial charge in [-0.05, 0) is 65.7 Å². The molecule has 4 heteroatoms. The smallest absolute Gasteiger partial charge is 0.303 e. The van der Waals surface area contributed by atoms with Crippen LogP contribution in [0.1, 0.15) is 96.6 Å². The van der Waals surface area contributed by atoms with Gasteiger partial charge in [-0.2, -0.15) is 0 Å². The molecule has 1 unspecified atom stereocenters. The monoisotopic (exact) mass is 553 g/mol. The summed E-state index contributed by atoms with van der Waals surface area (Å²) in [5.41, 5.74) is 1.10. The Hall–Kier alpha value is -1.91. The number of rotatable bonds is 16. The van der Waals surface area contributed by atoms with E-state index in [4.69, 9.17) is 4.74 Å². The van der Waals surface area contributed by atoms with Crippen LogP contribution in [0.15, 0.2) is 53.0 Å². The molecule has 36 heavy (non-hydrogen) atoms. The summed E-state index contributed by atoms with van der Waals surface area (Å²) in [6, 6.07) is 17.2. The van der Waals surface area contributed by atoms with Gasteiger partial charge in [-0.1, -0.05) is 111 Å². The quantitative estimate of drug-likeness (QED) is 0.100. The molecule has 3 rings (SSSR count). The van der Waals surface area contributed by atoms with E-state index in [9.17, 15) is 4.79 Å². The summed E-state index contributed by atoms with van der Waals surface area (Å²) < 4.78 is 7.11. The molecule has 0 aliphatic rings. The number of carbonyl (C=O) groups is 1. The predicted molar refractivity (Wildman–Crippen MR) is 158 cm³/mol. The molecule has 0 amide bonds. The van der Waals surface area contributed by atoms with Crippen LogP contribution >= 0.6 is 15.9 Å². The first kappa shape index (κ1) is 28.7. The second-order valence-corrected chi connectivity index (χ2v) is 11.0. The highest BCUT2D eigenvalue weighted by Gasteiger charge is 2.22. The van der Waals surface area contributed by atoms with Gasteiger partial charge in [0, 0.05) is 23.5 Å². The normalized spacial score (nSPS) is 12.5. The topological polar surface area (TPSA) is 29.5 Å². The molecule has 1 atom stereocenters. The lowest BCUT2D eigenvalue weighted by atomic mass is 9.94. The standard InChI is InChI=1S/C32H44BrNO2/c1-4-6-8-10-14-20-34(21-15-11-9-7-5-2)24-32(36-25(3)35)31-22-26-16-12-13-17-28(26)30-23-27(33)18-19-29(30)31/h12-13,16-19,22-23,32H,4-11,14-15,20-21,24H2,1-3H3. The molecule has 0 N–H and O–H groups in total. The van der Waals surface area contributed by atoms with Crippen molar-refractivity contribution in [3.05, 3.63) is 58.6 Å². The maximum absolute atomic E-state index is 12.3. The first-order valence-electron chi connectivity index (χ1n) is 14.0. The predicted octanol–water partition coefficient (Wildman–Crippen LogP) is 9.60. The van der Waals surface area contributed by atoms with E-state index >= 15 is 0 Å². The van der Waals surface area contributed by atoms with Crippen LogP contribution in [0.5, 0.6) is 0 Å². The summed E-state index contributed by atoms with van der Waals surface area (Å²) in [6.45, 7) is 8.92. The molecule has 0 fully saturated rings. The molecule has 0 spiro atoms. The second-order valence-electron chi connectivity index (χ2n) is 10.1. The fourth-order valence-electron chi connectivity index (χ4n) is 5.18. The van der Waals surface area contributed by atoms with E-state index in [1.807, 2.05) is 0 Å². The lowest BCUT2D eigenvalue weighted by Crippen LogP contribution is -2.32. The Morgan fingerprint density at radius 3 is 2.08 bits per heavy atom. The fraction of sp³-hybridized carbons (Fsp3) is 0.531.